The van der Waals surface area contributed by atoms with Gasteiger partial charge in [0.05, 0.1) is 31.2 Å². The van der Waals surface area contributed by atoms with Crippen molar-refractivity contribution in [2.75, 3.05) is 88.7 Å². The fourth-order valence-corrected chi connectivity index (χ4v) is 15.0. The molecule has 2 bridgehead atoms. The van der Waals surface area contributed by atoms with E-state index >= 15 is 37.5 Å². The van der Waals surface area contributed by atoms with Crippen molar-refractivity contribution in [3.8, 4) is 0 Å². The highest BCUT2D eigenvalue weighted by atomic mass is 19.4. The lowest BCUT2D eigenvalue weighted by Gasteiger charge is -2.46. The molecule has 2 saturated heterocycles. The molecule has 7 rings (SSSR count). The Bertz CT molecular complexity index is 3620. The second-order valence-corrected chi connectivity index (χ2v) is 29.3. The number of nitrogens with zero attached hydrogens (tertiary/aromatic N) is 9. The molecule has 2 saturated carbocycles. The number of carbonyl (C=O) groups excluding carboxylic acids is 12. The van der Waals surface area contributed by atoms with Crippen molar-refractivity contribution in [3.63, 3.8) is 0 Å². The van der Waals surface area contributed by atoms with Crippen LogP contribution in [0.1, 0.15) is 153 Å². The molecule has 33 heteroatoms. The Balaban J connectivity index is 1.35. The maximum Gasteiger partial charge on any atom is 0.422 e. The van der Waals surface area contributed by atoms with Crippen LogP contribution < -0.4 is 16.0 Å². The predicted octanol–water partition coefficient (Wildman–Crippen LogP) is 5.88. The standard InChI is InChI=1S/C75H104F8N12O13/c1-13-23-53-64(99)85-62(44(5)14-2)70(105)89(8)43-60(98)91(10)54-26-18-17-21-35-94(69(54)104)57(38-45-27-30-48(31-28-45)74(78,79)80)68(103)88(7)42-58(96)84-52(32-29-46-36-50(76)61(51(77)37-46)75(81,82)83)66(101)95-41-49(108-16-4)39-55(95)65(100)86-73(33-22-34-73)72(107)93(12)63(47-24-19-20-25-47)71(106)92(11)56(40-59(97)90(53)9)67(102)87(6)15-3/h17-18,27-28,30-31,36-37,44,47,49,52-57,62-63H,13-16,19-26,29,32-35,38-43H2,1-12H3,(H,84,96)(H,85,99)(H,86,100)/b18-17-/t44-,49+,52+,53-,54-,55-,56-,57-,62-,63-/m0/s1. The number of aryl methyl sites for hydroxylation is 1. The van der Waals surface area contributed by atoms with Crippen molar-refractivity contribution in [3.05, 3.63) is 82.4 Å². The molecule has 4 fully saturated rings. The zero-order valence-corrected chi connectivity index (χ0v) is 63.6. The van der Waals surface area contributed by atoms with Gasteiger partial charge in [-0.2, -0.15) is 26.3 Å². The first-order valence-electron chi connectivity index (χ1n) is 37.1. The quantitative estimate of drug-likeness (QED) is 0.147. The molecule has 3 N–H and O–H groups in total. The summed E-state index contributed by atoms with van der Waals surface area (Å²) in [7, 11) is 9.31. The Hall–Kier alpha value is -8.78. The van der Waals surface area contributed by atoms with Crippen LogP contribution in [-0.2, 0) is 87.5 Å². The smallest absolute Gasteiger partial charge is 0.377 e. The molecule has 25 nitrogen and oxygen atoms in total. The zero-order chi connectivity index (χ0) is 80.2. The van der Waals surface area contributed by atoms with E-state index in [-0.39, 0.29) is 70.3 Å². The molecule has 3 aliphatic heterocycles. The summed E-state index contributed by atoms with van der Waals surface area (Å²) in [4.78, 5) is 191. The first-order chi connectivity index (χ1) is 50.7. The summed E-state index contributed by atoms with van der Waals surface area (Å²) in [6, 6.07) is -7.27. The molecular formula is C75H104F8N12O13. The van der Waals surface area contributed by atoms with Crippen LogP contribution in [0.15, 0.2) is 48.6 Å². The molecule has 2 aromatic rings. The minimum absolute atomic E-state index is 0.0359. The van der Waals surface area contributed by atoms with Crippen LogP contribution in [0.3, 0.4) is 0 Å². The van der Waals surface area contributed by atoms with Gasteiger partial charge in [-0.1, -0.05) is 70.7 Å². The third-order valence-corrected chi connectivity index (χ3v) is 22.0. The Labute approximate surface area is 625 Å². The van der Waals surface area contributed by atoms with Crippen molar-refractivity contribution < 1.29 is 97.4 Å². The lowest BCUT2D eigenvalue weighted by atomic mass is 9.74. The average Bonchev–Trinajstić information content (AvgIpc) is 1.24. The van der Waals surface area contributed by atoms with Gasteiger partial charge in [0.15, 0.2) is 0 Å². The number of carbonyl (C=O) groups is 12. The van der Waals surface area contributed by atoms with Gasteiger partial charge in [0, 0.05) is 88.4 Å². The van der Waals surface area contributed by atoms with E-state index in [0.717, 1.165) is 65.6 Å². The number of fused-ring (bicyclic) bond motifs is 3. The van der Waals surface area contributed by atoms with Gasteiger partial charge in [-0.25, -0.2) is 8.78 Å². The highest BCUT2D eigenvalue weighted by Crippen LogP contribution is 2.40. The van der Waals surface area contributed by atoms with E-state index < -0.39 is 222 Å². The molecule has 108 heavy (non-hydrogen) atoms. The molecule has 10 atom stereocenters. The average molecular weight is 1530 g/mol. The summed E-state index contributed by atoms with van der Waals surface area (Å²) >= 11 is 0. The molecule has 2 aromatic carbocycles. The minimum Gasteiger partial charge on any atom is -0.377 e. The van der Waals surface area contributed by atoms with E-state index in [4.69, 9.17) is 4.74 Å². The maximum atomic E-state index is 15.5. The first kappa shape index (κ1) is 86.5. The monoisotopic (exact) mass is 1530 g/mol. The molecule has 3 heterocycles. The van der Waals surface area contributed by atoms with E-state index in [1.807, 2.05) is 0 Å². The summed E-state index contributed by atoms with van der Waals surface area (Å²) in [5, 5.41) is 8.26. The molecule has 0 radical (unpaired) electrons. The number of nitrogens with one attached hydrogen (secondary N) is 3. The van der Waals surface area contributed by atoms with E-state index in [2.05, 4.69) is 16.0 Å². The minimum atomic E-state index is -5.46. The second kappa shape index (κ2) is 37.1. The van der Waals surface area contributed by atoms with Gasteiger partial charge < -0.3 is 64.8 Å². The van der Waals surface area contributed by atoms with Gasteiger partial charge in [0.2, 0.25) is 70.9 Å². The Morgan fingerprint density at radius 2 is 1.30 bits per heavy atom. The van der Waals surface area contributed by atoms with Crippen molar-refractivity contribution in [1.29, 1.82) is 0 Å². The van der Waals surface area contributed by atoms with Crippen molar-refractivity contribution in [2.45, 2.75) is 216 Å². The predicted molar refractivity (Wildman–Crippen MR) is 379 cm³/mol. The Morgan fingerprint density at radius 3 is 1.86 bits per heavy atom. The van der Waals surface area contributed by atoms with Crippen LogP contribution in [0.5, 0.6) is 0 Å². The SMILES string of the molecule is CCC[C@H]1C(=O)N[C@@H]([C@@H](C)CC)C(=O)N(C)CC(=O)N(C)[C@H]2C/C=C\CCN(C2=O)[C@@H](Cc2ccc(C(F)(F)F)cc2)C(=O)N(C)CC(=O)N[C@H](CCc2cc(F)c(C(F)(F)F)c(F)c2)C(=O)N2C[C@H](OCC)C[C@H]2C(=O)NC2(CCC2)C(=O)N(C)[C@@H](C2CCCC2)C(=O)N(C)[C@H](C(=O)N(C)CC)CC(=O)N1C. The zero-order valence-electron chi connectivity index (χ0n) is 63.6. The topological polar surface area (TPSA) is 279 Å². The van der Waals surface area contributed by atoms with Crippen LogP contribution in [-0.4, -0.2) is 264 Å². The highest BCUT2D eigenvalue weighted by molar-refractivity contribution is 6.01. The summed E-state index contributed by atoms with van der Waals surface area (Å²) in [6.45, 7) is 6.51. The molecular weight excluding hydrogens is 1430 g/mol. The number of hydrogen-bond donors (Lipinski definition) is 3. The van der Waals surface area contributed by atoms with E-state index in [1.165, 1.54) is 52.1 Å². The number of amides is 12. The third kappa shape index (κ3) is 20.4. The van der Waals surface area contributed by atoms with Crippen LogP contribution in [0.25, 0.3) is 0 Å². The Morgan fingerprint density at radius 1 is 0.667 bits per heavy atom. The van der Waals surface area contributed by atoms with Gasteiger partial charge in [0.1, 0.15) is 71.1 Å². The number of hydrogen-bond acceptors (Lipinski definition) is 13. The molecule has 5 aliphatic rings. The third-order valence-electron chi connectivity index (χ3n) is 22.0. The number of alkyl halides is 6. The van der Waals surface area contributed by atoms with Crippen LogP contribution in [0.2, 0.25) is 0 Å². The highest BCUT2D eigenvalue weighted by Gasteiger charge is 2.54. The van der Waals surface area contributed by atoms with Crippen LogP contribution in [0.4, 0.5) is 35.1 Å². The first-order valence-corrected chi connectivity index (χ1v) is 37.1. The largest absolute Gasteiger partial charge is 0.422 e. The van der Waals surface area contributed by atoms with E-state index in [9.17, 15) is 55.1 Å². The van der Waals surface area contributed by atoms with Crippen LogP contribution in [0, 0.1) is 23.5 Å². The Kier molecular flexibility index (Phi) is 29.7. The number of ether oxygens (including phenoxy) is 1. The molecule has 2 aliphatic carbocycles. The molecule has 598 valence electrons. The van der Waals surface area contributed by atoms with Crippen LogP contribution >= 0.6 is 0 Å². The number of rotatable bonds is 14. The maximum absolute atomic E-state index is 15.5. The summed E-state index contributed by atoms with van der Waals surface area (Å²) in [5.74, 6) is -15.1. The number of benzene rings is 2. The summed E-state index contributed by atoms with van der Waals surface area (Å²) in [6.07, 6.45) is -7.06. The van der Waals surface area contributed by atoms with Crippen molar-refractivity contribution in [1.82, 2.24) is 60.0 Å². The fourth-order valence-electron chi connectivity index (χ4n) is 15.0. The van der Waals surface area contributed by atoms with Crippen molar-refractivity contribution in [2.24, 2.45) is 11.8 Å². The number of likely N-dealkylation sites (N-methyl/N-ethyl adjacent to an activating group) is 7. The summed E-state index contributed by atoms with van der Waals surface area (Å²) < 4.78 is 120. The van der Waals surface area contributed by atoms with E-state index in [0.29, 0.717) is 57.1 Å². The van der Waals surface area contributed by atoms with Gasteiger partial charge in [-0.3, -0.25) is 57.5 Å². The van der Waals surface area contributed by atoms with Gasteiger partial charge in [-0.15, -0.1) is 0 Å². The second-order valence-electron chi connectivity index (χ2n) is 29.3. The van der Waals surface area contributed by atoms with E-state index in [1.54, 1.807) is 46.8 Å². The lowest BCUT2D eigenvalue weighted by molar-refractivity contribution is -0.158. The molecule has 12 amide bonds. The molecule has 0 aromatic heterocycles. The van der Waals surface area contributed by atoms with Gasteiger partial charge in [-0.05, 0) is 125 Å². The lowest BCUT2D eigenvalue weighted by Crippen LogP contribution is -2.68. The normalized spacial score (nSPS) is 26.0. The fraction of sp³-hybridized carbons (Fsp3) is 0.653. The summed E-state index contributed by atoms with van der Waals surface area (Å²) in [5.41, 5.74) is -5.25. The molecule has 0 unspecified atom stereocenters. The van der Waals surface area contributed by atoms with Gasteiger partial charge in [0.25, 0.3) is 0 Å². The van der Waals surface area contributed by atoms with Crippen molar-refractivity contribution >= 4 is 70.9 Å². The van der Waals surface area contributed by atoms with Gasteiger partial charge >= 0.3 is 12.4 Å². The molecule has 1 spiro atoms. The number of halogens is 8.